The maximum Gasteiger partial charge on any atom is 0.417 e. The molecule has 9 heteroatoms. The minimum Gasteiger partial charge on any atom is -0.496 e. The van der Waals surface area contributed by atoms with E-state index in [0.29, 0.717) is 40.7 Å². The van der Waals surface area contributed by atoms with Gasteiger partial charge in [-0.05, 0) is 60.4 Å². The topological polar surface area (TPSA) is 68.4 Å². The molecule has 1 aliphatic rings. The van der Waals surface area contributed by atoms with E-state index >= 15 is 0 Å². The Bertz CT molecular complexity index is 1190. The van der Waals surface area contributed by atoms with E-state index in [1.165, 1.54) is 19.2 Å². The van der Waals surface area contributed by atoms with Crippen LogP contribution in [-0.2, 0) is 11.0 Å². The number of anilines is 1. The molecular formula is C25H24F3N3O2S. The Balaban J connectivity index is 1.66. The number of primary amides is 1. The molecule has 0 aliphatic carbocycles. The van der Waals surface area contributed by atoms with Crippen molar-refractivity contribution < 1.29 is 22.7 Å². The fraction of sp³-hybridized carbons (Fsp3) is 0.280. The molecule has 0 spiro atoms. The highest BCUT2D eigenvalue weighted by Gasteiger charge is 2.34. The van der Waals surface area contributed by atoms with Crippen LogP contribution < -0.4 is 15.4 Å². The quantitative estimate of drug-likeness (QED) is 0.488. The first-order valence-electron chi connectivity index (χ1n) is 10.8. The Kier molecular flexibility index (Phi) is 7.02. The molecule has 1 aliphatic heterocycles. The van der Waals surface area contributed by atoms with E-state index in [2.05, 4.69) is 4.98 Å². The van der Waals surface area contributed by atoms with Gasteiger partial charge in [-0.3, -0.25) is 4.79 Å². The van der Waals surface area contributed by atoms with E-state index in [1.54, 1.807) is 48.7 Å². The Labute approximate surface area is 200 Å². The van der Waals surface area contributed by atoms with Crippen LogP contribution in [0.15, 0.2) is 70.6 Å². The van der Waals surface area contributed by atoms with Crippen molar-refractivity contribution in [1.29, 1.82) is 0 Å². The van der Waals surface area contributed by atoms with Crippen LogP contribution in [0.25, 0.3) is 11.1 Å². The molecule has 34 heavy (non-hydrogen) atoms. The van der Waals surface area contributed by atoms with Gasteiger partial charge in [0, 0.05) is 24.2 Å². The molecular weight excluding hydrogens is 463 g/mol. The summed E-state index contributed by atoms with van der Waals surface area (Å²) >= 11 is 1.02. The minimum atomic E-state index is -4.53. The van der Waals surface area contributed by atoms with Crippen molar-refractivity contribution in [2.75, 3.05) is 25.1 Å². The molecule has 1 amide bonds. The molecule has 1 aromatic heterocycles. The second-order valence-corrected chi connectivity index (χ2v) is 9.14. The van der Waals surface area contributed by atoms with Crippen LogP contribution in [0.4, 0.5) is 19.0 Å². The molecule has 1 unspecified atom stereocenters. The summed E-state index contributed by atoms with van der Waals surface area (Å²) in [7, 11) is 1.49. The fourth-order valence-electron chi connectivity index (χ4n) is 4.03. The highest BCUT2D eigenvalue weighted by molar-refractivity contribution is 7.99. The highest BCUT2D eigenvalue weighted by atomic mass is 32.2. The van der Waals surface area contributed by atoms with Crippen molar-refractivity contribution in [1.82, 2.24) is 4.98 Å². The third kappa shape index (κ3) is 5.30. The van der Waals surface area contributed by atoms with Crippen molar-refractivity contribution in [3.05, 3.63) is 66.4 Å². The van der Waals surface area contributed by atoms with Crippen molar-refractivity contribution in [3.8, 4) is 16.9 Å². The smallest absolute Gasteiger partial charge is 0.417 e. The van der Waals surface area contributed by atoms with Gasteiger partial charge in [-0.1, -0.05) is 30.0 Å². The van der Waals surface area contributed by atoms with E-state index in [0.717, 1.165) is 24.6 Å². The number of nitrogens with zero attached hydrogens (tertiary/aromatic N) is 2. The number of hydrogen-bond donors (Lipinski definition) is 1. The average Bonchev–Trinajstić information content (AvgIpc) is 2.84. The monoisotopic (exact) mass is 487 g/mol. The number of para-hydroxylation sites is 1. The lowest BCUT2D eigenvalue weighted by atomic mass is 9.97. The van der Waals surface area contributed by atoms with Gasteiger partial charge in [-0.15, -0.1) is 0 Å². The second kappa shape index (κ2) is 9.97. The molecule has 1 saturated heterocycles. The van der Waals surface area contributed by atoms with E-state index in [4.69, 9.17) is 10.5 Å². The molecule has 2 N–H and O–H groups in total. The van der Waals surface area contributed by atoms with E-state index in [9.17, 15) is 18.0 Å². The number of methoxy groups -OCH3 is 1. The van der Waals surface area contributed by atoms with Crippen LogP contribution in [0.5, 0.6) is 5.75 Å². The maximum absolute atomic E-state index is 14.0. The fourth-order valence-corrected chi connectivity index (χ4v) is 5.09. The number of halogens is 3. The molecule has 0 bridgehead atoms. The number of benzene rings is 2. The molecule has 1 atom stereocenters. The summed E-state index contributed by atoms with van der Waals surface area (Å²) in [5, 5.41) is 0. The number of alkyl halides is 3. The second-order valence-electron chi connectivity index (χ2n) is 8.05. The standard InChI is InChI=1S/C25H24F3N3O2S/c1-33-20-6-2-3-7-22(20)34-21-9-8-16(13-19(21)25(26,27)28)17-10-11-30-23(14-17)31-12-4-5-18(15-31)24(29)32/h2-3,6-11,13-14,18H,4-5,12,15H2,1H3,(H2,29,32). The van der Waals surface area contributed by atoms with Crippen LogP contribution in [0.1, 0.15) is 18.4 Å². The number of carbonyl (C=O) groups excluding carboxylic acids is 1. The predicted octanol–water partition coefficient (Wildman–Crippen LogP) is 5.63. The molecule has 4 rings (SSSR count). The van der Waals surface area contributed by atoms with Crippen molar-refractivity contribution in [3.63, 3.8) is 0 Å². The average molecular weight is 488 g/mol. The molecule has 0 radical (unpaired) electrons. The largest absolute Gasteiger partial charge is 0.496 e. The Morgan fingerprint density at radius 1 is 1.12 bits per heavy atom. The normalized spacial score (nSPS) is 16.4. The Morgan fingerprint density at radius 2 is 1.88 bits per heavy atom. The number of carbonyl (C=O) groups is 1. The summed E-state index contributed by atoms with van der Waals surface area (Å²) in [5.41, 5.74) is 5.80. The summed E-state index contributed by atoms with van der Waals surface area (Å²) in [4.78, 5) is 18.6. The van der Waals surface area contributed by atoms with Gasteiger partial charge in [0.1, 0.15) is 11.6 Å². The summed E-state index contributed by atoms with van der Waals surface area (Å²) < 4.78 is 47.3. The summed E-state index contributed by atoms with van der Waals surface area (Å²) in [6, 6.07) is 14.7. The lowest BCUT2D eigenvalue weighted by Gasteiger charge is -2.32. The number of pyridine rings is 1. The number of aromatic nitrogens is 1. The zero-order chi connectivity index (χ0) is 24.3. The molecule has 2 heterocycles. The molecule has 5 nitrogen and oxygen atoms in total. The lowest BCUT2D eigenvalue weighted by molar-refractivity contribution is -0.139. The van der Waals surface area contributed by atoms with Gasteiger partial charge in [0.2, 0.25) is 5.91 Å². The van der Waals surface area contributed by atoms with Crippen molar-refractivity contribution in [2.45, 2.75) is 28.8 Å². The third-order valence-electron chi connectivity index (χ3n) is 5.80. The van der Waals surface area contributed by atoms with Gasteiger partial charge in [0.15, 0.2) is 0 Å². The van der Waals surface area contributed by atoms with Crippen LogP contribution >= 0.6 is 11.8 Å². The molecule has 3 aromatic rings. The number of ether oxygens (including phenoxy) is 1. The van der Waals surface area contributed by atoms with Crippen LogP contribution in [0.3, 0.4) is 0 Å². The van der Waals surface area contributed by atoms with Gasteiger partial charge in [-0.25, -0.2) is 4.98 Å². The predicted molar refractivity (Wildman–Crippen MR) is 126 cm³/mol. The van der Waals surface area contributed by atoms with Gasteiger partial charge >= 0.3 is 6.18 Å². The van der Waals surface area contributed by atoms with Crippen molar-refractivity contribution in [2.24, 2.45) is 11.7 Å². The van der Waals surface area contributed by atoms with E-state index in [1.807, 2.05) is 4.90 Å². The SMILES string of the molecule is COc1ccccc1Sc1ccc(-c2ccnc(N3CCCC(C(N)=O)C3)c2)cc1C(F)(F)F. The number of amides is 1. The molecule has 2 aromatic carbocycles. The van der Waals surface area contributed by atoms with E-state index < -0.39 is 11.7 Å². The van der Waals surface area contributed by atoms with Crippen molar-refractivity contribution >= 4 is 23.5 Å². The van der Waals surface area contributed by atoms with Gasteiger partial charge < -0.3 is 15.4 Å². The minimum absolute atomic E-state index is 0.0929. The van der Waals surface area contributed by atoms with Crippen LogP contribution in [0.2, 0.25) is 0 Å². The molecule has 0 saturated carbocycles. The van der Waals surface area contributed by atoms with Gasteiger partial charge in [0.25, 0.3) is 0 Å². The summed E-state index contributed by atoms with van der Waals surface area (Å²) in [5.74, 6) is 0.518. The highest BCUT2D eigenvalue weighted by Crippen LogP contribution is 2.43. The molecule has 178 valence electrons. The Hall–Kier alpha value is -3.20. The first kappa shape index (κ1) is 23.9. The van der Waals surface area contributed by atoms with Gasteiger partial charge in [-0.2, -0.15) is 13.2 Å². The van der Waals surface area contributed by atoms with Crippen LogP contribution in [0, 0.1) is 5.92 Å². The first-order valence-corrected chi connectivity index (χ1v) is 11.6. The first-order chi connectivity index (χ1) is 16.3. The summed E-state index contributed by atoms with van der Waals surface area (Å²) in [6.07, 6.45) is -1.43. The number of nitrogens with two attached hydrogens (primary N) is 1. The number of rotatable bonds is 6. The van der Waals surface area contributed by atoms with E-state index in [-0.39, 0.29) is 16.7 Å². The third-order valence-corrected chi connectivity index (χ3v) is 6.93. The zero-order valence-corrected chi connectivity index (χ0v) is 19.3. The Morgan fingerprint density at radius 3 is 2.62 bits per heavy atom. The number of piperidine rings is 1. The zero-order valence-electron chi connectivity index (χ0n) is 18.5. The number of hydrogen-bond acceptors (Lipinski definition) is 5. The molecule has 1 fully saturated rings. The van der Waals surface area contributed by atoms with Crippen LogP contribution in [-0.4, -0.2) is 31.1 Å². The van der Waals surface area contributed by atoms with Gasteiger partial charge in [0.05, 0.1) is 23.5 Å². The summed E-state index contributed by atoms with van der Waals surface area (Å²) in [6.45, 7) is 1.16. The maximum atomic E-state index is 14.0. The lowest BCUT2D eigenvalue weighted by Crippen LogP contribution is -2.41.